The predicted molar refractivity (Wildman–Crippen MR) is 159 cm³/mol. The average molecular weight is 559 g/mol. The lowest BCUT2D eigenvalue weighted by molar-refractivity contribution is -0.144. The van der Waals surface area contributed by atoms with E-state index in [0.717, 1.165) is 35.8 Å². The normalized spacial score (nSPS) is 16.9. The van der Waals surface area contributed by atoms with E-state index in [9.17, 15) is 9.59 Å². The zero-order valence-corrected chi connectivity index (χ0v) is 24.6. The highest BCUT2D eigenvalue weighted by Crippen LogP contribution is 2.20. The monoisotopic (exact) mass is 558 g/mol. The number of halogens is 1. The quantitative estimate of drug-likeness (QED) is 0.362. The summed E-state index contributed by atoms with van der Waals surface area (Å²) in [6.45, 7) is 5.82. The van der Waals surface area contributed by atoms with Crippen molar-refractivity contribution in [2.45, 2.75) is 51.4 Å². The second kappa shape index (κ2) is 18.8. The van der Waals surface area contributed by atoms with Gasteiger partial charge in [0.15, 0.2) is 0 Å². The lowest BCUT2D eigenvalue weighted by Gasteiger charge is -2.28. The van der Waals surface area contributed by atoms with Crippen molar-refractivity contribution >= 4 is 24.3 Å². The van der Waals surface area contributed by atoms with E-state index in [4.69, 9.17) is 9.47 Å². The number of carbonyl (C=O) groups is 2. The van der Waals surface area contributed by atoms with Gasteiger partial charge in [0.05, 0.1) is 26.1 Å². The highest BCUT2D eigenvalue weighted by Gasteiger charge is 2.18. The van der Waals surface area contributed by atoms with Gasteiger partial charge >= 0.3 is 11.9 Å². The number of carbonyl (C=O) groups excluding carboxylic acids is 2. The first-order valence-corrected chi connectivity index (χ1v) is 14.2. The Bertz CT molecular complexity index is 850. The van der Waals surface area contributed by atoms with Crippen LogP contribution in [0.2, 0.25) is 0 Å². The van der Waals surface area contributed by atoms with E-state index in [2.05, 4.69) is 23.9 Å². The summed E-state index contributed by atoms with van der Waals surface area (Å²) in [5.41, 5.74) is 2.04. The van der Waals surface area contributed by atoms with E-state index in [0.29, 0.717) is 26.1 Å². The topological polar surface area (TPSA) is 59.1 Å². The van der Waals surface area contributed by atoms with Crippen LogP contribution in [0, 0.1) is 11.8 Å². The van der Waals surface area contributed by atoms with E-state index in [-0.39, 0.29) is 24.3 Å². The van der Waals surface area contributed by atoms with Gasteiger partial charge in [0, 0.05) is 0 Å². The van der Waals surface area contributed by atoms with E-state index in [1.165, 1.54) is 51.9 Å². The summed E-state index contributed by atoms with van der Waals surface area (Å²) in [4.78, 5) is 28.1. The number of esters is 2. The Hall–Kier alpha value is -2.41. The molecule has 2 heterocycles. The van der Waals surface area contributed by atoms with Crippen LogP contribution in [0.25, 0.3) is 0 Å². The van der Waals surface area contributed by atoms with Crippen LogP contribution in [0.3, 0.4) is 0 Å². The van der Waals surface area contributed by atoms with Crippen molar-refractivity contribution in [3.63, 3.8) is 0 Å². The summed E-state index contributed by atoms with van der Waals surface area (Å²) in [6.07, 6.45) is 7.70. The Kier molecular flexibility index (Phi) is 15.8. The van der Waals surface area contributed by atoms with Crippen LogP contribution in [-0.4, -0.2) is 75.2 Å². The van der Waals surface area contributed by atoms with Gasteiger partial charge in [-0.05, 0) is 102 Å². The van der Waals surface area contributed by atoms with Crippen LogP contribution in [0.15, 0.2) is 60.7 Å². The Labute approximate surface area is 241 Å². The lowest BCUT2D eigenvalue weighted by atomic mass is 9.94. The Morgan fingerprint density at radius 2 is 0.974 bits per heavy atom. The molecule has 0 N–H and O–H groups in total. The zero-order chi connectivity index (χ0) is 27.0. The molecule has 216 valence electrons. The molecule has 2 fully saturated rings. The highest BCUT2D eigenvalue weighted by atomic mass is 35.5. The third-order valence-corrected chi connectivity index (χ3v) is 7.64. The predicted octanol–water partition coefficient (Wildman–Crippen LogP) is 5.43. The second-order valence-corrected chi connectivity index (χ2v) is 10.8. The zero-order valence-electron chi connectivity index (χ0n) is 23.8. The molecule has 39 heavy (non-hydrogen) atoms. The number of ether oxygens (including phenoxy) is 2. The fourth-order valence-electron chi connectivity index (χ4n) is 5.01. The molecule has 2 aliphatic rings. The van der Waals surface area contributed by atoms with Gasteiger partial charge in [0.1, 0.15) is 0 Å². The summed E-state index contributed by atoms with van der Waals surface area (Å²) < 4.78 is 10.6. The summed E-state index contributed by atoms with van der Waals surface area (Å²) in [5.74, 6) is 1.22. The molecule has 0 atom stereocenters. The van der Waals surface area contributed by atoms with Crippen molar-refractivity contribution in [2.24, 2.45) is 11.8 Å². The maximum atomic E-state index is 11.7. The molecule has 0 aromatic heterocycles. The third kappa shape index (κ3) is 14.0. The first-order valence-electron chi connectivity index (χ1n) is 14.2. The van der Waals surface area contributed by atoms with Gasteiger partial charge in [-0.25, -0.2) is 0 Å². The lowest BCUT2D eigenvalue weighted by Crippen LogP contribution is -2.30. The molecule has 4 rings (SSSR count). The Morgan fingerprint density at radius 3 is 1.31 bits per heavy atom. The number of nitrogens with zero attached hydrogens (tertiary/aromatic N) is 2. The molecular formula is C32H47ClN2O4. The van der Waals surface area contributed by atoms with Crippen LogP contribution in [0.5, 0.6) is 0 Å². The van der Waals surface area contributed by atoms with E-state index in [1.54, 1.807) is 0 Å². The molecule has 0 unspecified atom stereocenters. The van der Waals surface area contributed by atoms with Crippen LogP contribution in [0.1, 0.15) is 49.7 Å². The molecule has 0 spiro atoms. The van der Waals surface area contributed by atoms with Crippen molar-refractivity contribution in [3.8, 4) is 0 Å². The standard InChI is InChI=1S/2C16H23NO2.ClH/c2*1-17-10-7-14(8-11-17)9-12-19-16(18)13-15-5-3-2-4-6-15;/h2*2-6,14H,7-13H2,1H3;1H. The minimum absolute atomic E-state index is 0. The molecule has 6 nitrogen and oxygen atoms in total. The van der Waals surface area contributed by atoms with Crippen molar-refractivity contribution in [1.82, 2.24) is 9.80 Å². The van der Waals surface area contributed by atoms with Gasteiger partial charge < -0.3 is 19.3 Å². The van der Waals surface area contributed by atoms with Gasteiger partial charge in [-0.3, -0.25) is 9.59 Å². The van der Waals surface area contributed by atoms with Gasteiger partial charge in [-0.15, -0.1) is 12.4 Å². The molecule has 7 heteroatoms. The number of hydrogen-bond donors (Lipinski definition) is 0. The van der Waals surface area contributed by atoms with Crippen molar-refractivity contribution in [1.29, 1.82) is 0 Å². The molecule has 2 aliphatic heterocycles. The van der Waals surface area contributed by atoms with Crippen molar-refractivity contribution in [2.75, 3.05) is 53.5 Å². The van der Waals surface area contributed by atoms with Crippen molar-refractivity contribution in [3.05, 3.63) is 71.8 Å². The molecule has 2 aromatic carbocycles. The summed E-state index contributed by atoms with van der Waals surface area (Å²) in [5, 5.41) is 0. The molecule has 0 bridgehead atoms. The maximum absolute atomic E-state index is 11.7. The van der Waals surface area contributed by atoms with Crippen molar-refractivity contribution < 1.29 is 19.1 Å². The van der Waals surface area contributed by atoms with Gasteiger partial charge in [0.2, 0.25) is 0 Å². The second-order valence-electron chi connectivity index (χ2n) is 10.8. The Morgan fingerprint density at radius 1 is 0.641 bits per heavy atom. The van der Waals surface area contributed by atoms with Crippen LogP contribution >= 0.6 is 12.4 Å². The smallest absolute Gasteiger partial charge is 0.310 e. The summed E-state index contributed by atoms with van der Waals surface area (Å²) in [6, 6.07) is 19.5. The van der Waals surface area contributed by atoms with Gasteiger partial charge in [0.25, 0.3) is 0 Å². The van der Waals surface area contributed by atoms with E-state index in [1.807, 2.05) is 60.7 Å². The van der Waals surface area contributed by atoms with Gasteiger partial charge in [-0.1, -0.05) is 60.7 Å². The molecule has 2 saturated heterocycles. The minimum atomic E-state index is -0.112. The highest BCUT2D eigenvalue weighted by molar-refractivity contribution is 5.85. The number of piperidine rings is 2. The third-order valence-electron chi connectivity index (χ3n) is 7.64. The van der Waals surface area contributed by atoms with Gasteiger partial charge in [-0.2, -0.15) is 0 Å². The molecule has 0 saturated carbocycles. The largest absolute Gasteiger partial charge is 0.465 e. The van der Waals surface area contributed by atoms with Crippen LogP contribution < -0.4 is 0 Å². The molecule has 0 aliphatic carbocycles. The van der Waals surface area contributed by atoms with Crippen LogP contribution in [-0.2, 0) is 31.9 Å². The van der Waals surface area contributed by atoms with Crippen LogP contribution in [0.4, 0.5) is 0 Å². The summed E-state index contributed by atoms with van der Waals surface area (Å²) >= 11 is 0. The number of benzene rings is 2. The molecule has 2 aromatic rings. The first-order chi connectivity index (χ1) is 18.5. The fraction of sp³-hybridized carbons (Fsp3) is 0.562. The average Bonchev–Trinajstić information content (AvgIpc) is 2.92. The number of hydrogen-bond acceptors (Lipinski definition) is 6. The van der Waals surface area contributed by atoms with E-state index >= 15 is 0 Å². The number of rotatable bonds is 10. The maximum Gasteiger partial charge on any atom is 0.310 e. The fourth-order valence-corrected chi connectivity index (χ4v) is 5.01. The Balaban J connectivity index is 0.000000267. The summed E-state index contributed by atoms with van der Waals surface area (Å²) in [7, 11) is 4.33. The molecular weight excluding hydrogens is 512 g/mol. The number of likely N-dealkylation sites (tertiary alicyclic amines) is 2. The first kappa shape index (κ1) is 32.8. The molecule has 0 amide bonds. The SMILES string of the molecule is CN1CCC(CCOC(=O)Cc2ccccc2)CC1.CN1CCC(CCOC(=O)Cc2ccccc2)CC1.Cl. The molecule has 0 radical (unpaired) electrons. The van der Waals surface area contributed by atoms with E-state index < -0.39 is 0 Å². The minimum Gasteiger partial charge on any atom is -0.465 e.